The molecule has 3 rings (SSSR count). The summed E-state index contributed by atoms with van der Waals surface area (Å²) in [5.74, 6) is 0.130. The first-order valence-corrected chi connectivity index (χ1v) is 10.5. The van der Waals surface area contributed by atoms with Crippen molar-refractivity contribution in [2.45, 2.75) is 38.1 Å². The third kappa shape index (κ3) is 6.04. The maximum absolute atomic E-state index is 12.6. The number of nitrogens with one attached hydrogen (secondary N) is 1. The minimum absolute atomic E-state index is 0.0950. The summed E-state index contributed by atoms with van der Waals surface area (Å²) in [7, 11) is 1.44. The van der Waals surface area contributed by atoms with E-state index in [1.807, 2.05) is 18.2 Å². The zero-order chi connectivity index (χ0) is 19.8. The van der Waals surface area contributed by atoms with Crippen molar-refractivity contribution in [1.82, 2.24) is 15.1 Å². The molecule has 154 valence electrons. The van der Waals surface area contributed by atoms with Crippen LogP contribution >= 0.6 is 0 Å². The van der Waals surface area contributed by atoms with Gasteiger partial charge in [-0.1, -0.05) is 30.3 Å². The number of likely N-dealkylation sites (tertiary alicyclic amines) is 2. The lowest BCUT2D eigenvalue weighted by Gasteiger charge is -2.41. The van der Waals surface area contributed by atoms with E-state index in [1.165, 1.54) is 12.7 Å². The molecule has 2 aliphatic rings. The van der Waals surface area contributed by atoms with Crippen molar-refractivity contribution in [2.75, 3.05) is 46.4 Å². The van der Waals surface area contributed by atoms with Crippen LogP contribution < -0.4 is 5.32 Å². The van der Waals surface area contributed by atoms with Crippen LogP contribution in [0.1, 0.15) is 31.2 Å². The van der Waals surface area contributed by atoms with Crippen molar-refractivity contribution in [3.05, 3.63) is 35.9 Å². The molecule has 1 amide bonds. The largest absolute Gasteiger partial charge is 0.468 e. The molecule has 0 aliphatic carbocycles. The Morgan fingerprint density at radius 3 is 2.57 bits per heavy atom. The molecule has 2 saturated heterocycles. The normalized spacial score (nSPS) is 22.0. The standard InChI is InChI=1S/C22H33N3O3/c1-28-21(26)17-24-14-10-20(11-15-24)25-13-5-8-19(16-25)22(27)23-12-9-18-6-3-2-4-7-18/h2-4,6-7,19-20H,5,8-17H2,1H3,(H,23,27)/t19-/m1/s1. The number of hydrogen-bond donors (Lipinski definition) is 1. The van der Waals surface area contributed by atoms with Gasteiger partial charge in [-0.05, 0) is 44.2 Å². The maximum atomic E-state index is 12.6. The molecule has 28 heavy (non-hydrogen) atoms. The molecular formula is C22H33N3O3. The second-order valence-electron chi connectivity index (χ2n) is 7.94. The topological polar surface area (TPSA) is 61.9 Å². The molecule has 0 aromatic heterocycles. The molecule has 0 bridgehead atoms. The van der Waals surface area contributed by atoms with Crippen LogP contribution in [0.2, 0.25) is 0 Å². The van der Waals surface area contributed by atoms with E-state index in [4.69, 9.17) is 4.74 Å². The number of methoxy groups -OCH3 is 1. The lowest BCUT2D eigenvalue weighted by molar-refractivity contribution is -0.142. The number of amides is 1. The quantitative estimate of drug-likeness (QED) is 0.722. The van der Waals surface area contributed by atoms with Gasteiger partial charge >= 0.3 is 5.97 Å². The summed E-state index contributed by atoms with van der Waals surface area (Å²) in [5.41, 5.74) is 1.26. The third-order valence-electron chi connectivity index (χ3n) is 6.03. The van der Waals surface area contributed by atoms with Crippen LogP contribution in [0.4, 0.5) is 0 Å². The Hall–Kier alpha value is -1.92. The third-order valence-corrected chi connectivity index (χ3v) is 6.03. The van der Waals surface area contributed by atoms with Crippen LogP contribution in [0.5, 0.6) is 0 Å². The van der Waals surface area contributed by atoms with E-state index in [-0.39, 0.29) is 17.8 Å². The molecule has 6 heteroatoms. The molecule has 1 atom stereocenters. The molecule has 0 saturated carbocycles. The summed E-state index contributed by atoms with van der Waals surface area (Å²) in [4.78, 5) is 28.7. The summed E-state index contributed by atoms with van der Waals surface area (Å²) in [6.45, 7) is 4.86. The van der Waals surface area contributed by atoms with E-state index in [0.717, 1.165) is 58.3 Å². The number of benzene rings is 1. The Morgan fingerprint density at radius 2 is 1.86 bits per heavy atom. The lowest BCUT2D eigenvalue weighted by atomic mass is 9.93. The van der Waals surface area contributed by atoms with E-state index < -0.39 is 0 Å². The number of esters is 1. The smallest absolute Gasteiger partial charge is 0.319 e. The van der Waals surface area contributed by atoms with E-state index in [0.29, 0.717) is 19.1 Å². The fourth-order valence-corrected chi connectivity index (χ4v) is 4.36. The summed E-state index contributed by atoms with van der Waals surface area (Å²) in [5, 5.41) is 3.13. The van der Waals surface area contributed by atoms with Crippen molar-refractivity contribution in [1.29, 1.82) is 0 Å². The molecule has 0 radical (unpaired) electrons. The van der Waals surface area contributed by atoms with Gasteiger partial charge in [0.15, 0.2) is 0 Å². The van der Waals surface area contributed by atoms with Crippen molar-refractivity contribution in [3.8, 4) is 0 Å². The fourth-order valence-electron chi connectivity index (χ4n) is 4.36. The second kappa shape index (κ2) is 10.6. The second-order valence-corrected chi connectivity index (χ2v) is 7.94. The first-order chi connectivity index (χ1) is 13.7. The first kappa shape index (κ1) is 20.8. The molecule has 1 aromatic rings. The van der Waals surface area contributed by atoms with Crippen LogP contribution in [0.15, 0.2) is 30.3 Å². The van der Waals surface area contributed by atoms with Gasteiger partial charge in [0, 0.05) is 32.2 Å². The van der Waals surface area contributed by atoms with E-state index in [2.05, 4.69) is 27.2 Å². The van der Waals surface area contributed by atoms with Crippen LogP contribution in [0.25, 0.3) is 0 Å². The number of ether oxygens (including phenoxy) is 1. The molecule has 1 aromatic carbocycles. The number of rotatable bonds is 7. The average Bonchev–Trinajstić information content (AvgIpc) is 2.75. The monoisotopic (exact) mass is 387 g/mol. The summed E-state index contributed by atoms with van der Waals surface area (Å²) in [6, 6.07) is 10.8. The zero-order valence-corrected chi connectivity index (χ0v) is 16.9. The number of hydrogen-bond acceptors (Lipinski definition) is 5. The molecule has 2 heterocycles. The molecule has 2 aliphatic heterocycles. The molecular weight excluding hydrogens is 354 g/mol. The number of nitrogens with zero attached hydrogens (tertiary/aromatic N) is 2. The molecule has 1 N–H and O–H groups in total. The molecule has 2 fully saturated rings. The number of piperidine rings is 2. The SMILES string of the molecule is COC(=O)CN1CCC(N2CCC[C@@H](C(=O)NCCc3ccccc3)C2)CC1. The van der Waals surface area contributed by atoms with E-state index in [9.17, 15) is 9.59 Å². The van der Waals surface area contributed by atoms with Crippen molar-refractivity contribution >= 4 is 11.9 Å². The van der Waals surface area contributed by atoms with Gasteiger partial charge in [-0.25, -0.2) is 0 Å². The molecule has 0 spiro atoms. The highest BCUT2D eigenvalue weighted by molar-refractivity contribution is 5.79. The van der Waals surface area contributed by atoms with Gasteiger partial charge in [0.1, 0.15) is 0 Å². The highest BCUT2D eigenvalue weighted by atomic mass is 16.5. The maximum Gasteiger partial charge on any atom is 0.319 e. The van der Waals surface area contributed by atoms with Gasteiger partial charge in [0.2, 0.25) is 5.91 Å². The zero-order valence-electron chi connectivity index (χ0n) is 16.9. The Labute approximate surface area is 168 Å². The van der Waals surface area contributed by atoms with Crippen LogP contribution in [0, 0.1) is 5.92 Å². The van der Waals surface area contributed by atoms with Crippen molar-refractivity contribution in [2.24, 2.45) is 5.92 Å². The Bertz CT molecular complexity index is 629. The number of carbonyl (C=O) groups is 2. The van der Waals surface area contributed by atoms with Crippen LogP contribution in [-0.2, 0) is 20.7 Å². The number of carbonyl (C=O) groups excluding carboxylic acids is 2. The Morgan fingerprint density at radius 1 is 1.11 bits per heavy atom. The highest BCUT2D eigenvalue weighted by Crippen LogP contribution is 2.24. The van der Waals surface area contributed by atoms with Gasteiger partial charge in [0.25, 0.3) is 0 Å². The summed E-state index contributed by atoms with van der Waals surface area (Å²) >= 11 is 0. The predicted octanol–water partition coefficient (Wildman–Crippen LogP) is 1.69. The Balaban J connectivity index is 1.40. The van der Waals surface area contributed by atoms with Crippen LogP contribution in [0.3, 0.4) is 0 Å². The average molecular weight is 388 g/mol. The molecule has 6 nitrogen and oxygen atoms in total. The lowest BCUT2D eigenvalue weighted by Crippen LogP contribution is -2.51. The van der Waals surface area contributed by atoms with Gasteiger partial charge in [-0.15, -0.1) is 0 Å². The van der Waals surface area contributed by atoms with E-state index in [1.54, 1.807) is 0 Å². The summed E-state index contributed by atoms with van der Waals surface area (Å²) < 4.78 is 4.76. The van der Waals surface area contributed by atoms with Crippen molar-refractivity contribution < 1.29 is 14.3 Å². The minimum Gasteiger partial charge on any atom is -0.468 e. The van der Waals surface area contributed by atoms with E-state index >= 15 is 0 Å². The highest BCUT2D eigenvalue weighted by Gasteiger charge is 2.31. The van der Waals surface area contributed by atoms with Gasteiger partial charge in [0.05, 0.1) is 19.6 Å². The predicted molar refractivity (Wildman–Crippen MR) is 109 cm³/mol. The first-order valence-electron chi connectivity index (χ1n) is 10.5. The minimum atomic E-state index is -0.163. The van der Waals surface area contributed by atoms with Gasteiger partial charge in [-0.2, -0.15) is 0 Å². The molecule has 0 unspecified atom stereocenters. The fraction of sp³-hybridized carbons (Fsp3) is 0.636. The van der Waals surface area contributed by atoms with Gasteiger partial charge < -0.3 is 10.1 Å². The van der Waals surface area contributed by atoms with Crippen LogP contribution in [-0.4, -0.2) is 74.1 Å². The van der Waals surface area contributed by atoms with Crippen molar-refractivity contribution in [3.63, 3.8) is 0 Å². The Kier molecular flexibility index (Phi) is 7.86. The summed E-state index contributed by atoms with van der Waals surface area (Å²) in [6.07, 6.45) is 5.05. The van der Waals surface area contributed by atoms with Gasteiger partial charge in [-0.3, -0.25) is 19.4 Å².